The van der Waals surface area contributed by atoms with Crippen molar-refractivity contribution in [3.8, 4) is 0 Å². The molecule has 0 amide bonds. The van der Waals surface area contributed by atoms with Gasteiger partial charge in [0.25, 0.3) is 0 Å². The second-order valence-electron chi connectivity index (χ2n) is 3.69. The van der Waals surface area contributed by atoms with E-state index in [9.17, 15) is 8.78 Å². The first-order valence-corrected chi connectivity index (χ1v) is 6.18. The zero-order chi connectivity index (χ0) is 13.3. The summed E-state index contributed by atoms with van der Waals surface area (Å²) in [5, 5.41) is 2.70. The molecule has 0 bridgehead atoms. The highest BCUT2D eigenvalue weighted by Crippen LogP contribution is 2.29. The Bertz CT molecular complexity index is 582. The number of hydrogen-bond donors (Lipinski definition) is 1. The number of nitrogens with zero attached hydrogens (tertiary/aromatic N) is 1. The normalized spacial score (nSPS) is 10.5. The van der Waals surface area contributed by atoms with Crippen LogP contribution in [-0.4, -0.2) is 4.98 Å². The van der Waals surface area contributed by atoms with Gasteiger partial charge in [0.2, 0.25) is 0 Å². The van der Waals surface area contributed by atoms with Gasteiger partial charge in [0.1, 0.15) is 11.6 Å². The SMILES string of the molecule is Cc1cc(Nc2c(F)cc(F)cc2Cl)ncc1Br. The standard InChI is InChI=1S/C12H8BrClF2N2/c1-6-2-11(17-5-8(6)13)18-12-9(14)3-7(15)4-10(12)16/h2-5H,1H3,(H,17,18). The predicted octanol–water partition coefficient (Wildman–Crippen LogP) is 4.83. The van der Waals surface area contributed by atoms with Crippen LogP contribution < -0.4 is 5.32 Å². The number of aryl methyl sites for hydroxylation is 1. The molecule has 6 heteroatoms. The lowest BCUT2D eigenvalue weighted by atomic mass is 10.2. The van der Waals surface area contributed by atoms with Crippen molar-refractivity contribution >= 4 is 39.0 Å². The molecule has 0 atom stereocenters. The Morgan fingerprint density at radius 2 is 2.00 bits per heavy atom. The van der Waals surface area contributed by atoms with Crippen LogP contribution in [0.2, 0.25) is 5.02 Å². The van der Waals surface area contributed by atoms with Crippen molar-refractivity contribution in [3.63, 3.8) is 0 Å². The average molecular weight is 334 g/mol. The van der Waals surface area contributed by atoms with Gasteiger partial charge in [-0.25, -0.2) is 13.8 Å². The first-order valence-electron chi connectivity index (χ1n) is 5.01. The molecule has 18 heavy (non-hydrogen) atoms. The number of halogens is 4. The molecule has 0 aliphatic heterocycles. The van der Waals surface area contributed by atoms with Crippen LogP contribution in [0, 0.1) is 18.6 Å². The molecule has 1 N–H and O–H groups in total. The zero-order valence-corrected chi connectivity index (χ0v) is 11.6. The molecule has 0 saturated carbocycles. The summed E-state index contributed by atoms with van der Waals surface area (Å²) in [6.07, 6.45) is 1.59. The van der Waals surface area contributed by atoms with E-state index in [-0.39, 0.29) is 10.7 Å². The van der Waals surface area contributed by atoms with E-state index in [0.29, 0.717) is 5.82 Å². The summed E-state index contributed by atoms with van der Waals surface area (Å²) in [5.41, 5.74) is 0.943. The first-order chi connectivity index (χ1) is 8.47. The van der Waals surface area contributed by atoms with Gasteiger partial charge in [-0.3, -0.25) is 0 Å². The van der Waals surface area contributed by atoms with Gasteiger partial charge in [0.15, 0.2) is 5.82 Å². The van der Waals surface area contributed by atoms with Gasteiger partial charge in [-0.15, -0.1) is 0 Å². The zero-order valence-electron chi connectivity index (χ0n) is 9.27. The molecule has 94 valence electrons. The number of pyridine rings is 1. The maximum Gasteiger partial charge on any atom is 0.151 e. The van der Waals surface area contributed by atoms with Crippen LogP contribution in [-0.2, 0) is 0 Å². The molecule has 0 radical (unpaired) electrons. The van der Waals surface area contributed by atoms with Crippen LogP contribution in [0.5, 0.6) is 0 Å². The number of benzene rings is 1. The Labute approximate surface area is 116 Å². The number of hydrogen-bond acceptors (Lipinski definition) is 2. The average Bonchev–Trinajstić information content (AvgIpc) is 2.28. The summed E-state index contributed by atoms with van der Waals surface area (Å²) >= 11 is 9.09. The van der Waals surface area contributed by atoms with E-state index in [1.807, 2.05) is 6.92 Å². The largest absolute Gasteiger partial charge is 0.337 e. The Kier molecular flexibility index (Phi) is 3.82. The van der Waals surface area contributed by atoms with Crippen molar-refractivity contribution in [2.45, 2.75) is 6.92 Å². The minimum Gasteiger partial charge on any atom is -0.337 e. The van der Waals surface area contributed by atoms with Gasteiger partial charge in [0, 0.05) is 16.7 Å². The van der Waals surface area contributed by atoms with E-state index in [0.717, 1.165) is 22.2 Å². The maximum atomic E-state index is 13.6. The fraction of sp³-hybridized carbons (Fsp3) is 0.0833. The van der Waals surface area contributed by atoms with E-state index in [2.05, 4.69) is 26.2 Å². The minimum atomic E-state index is -0.762. The summed E-state index contributed by atoms with van der Waals surface area (Å²) < 4.78 is 27.3. The monoisotopic (exact) mass is 332 g/mol. The van der Waals surface area contributed by atoms with Crippen molar-refractivity contribution in [2.24, 2.45) is 0 Å². The van der Waals surface area contributed by atoms with E-state index < -0.39 is 11.6 Å². The predicted molar refractivity (Wildman–Crippen MR) is 71.3 cm³/mol. The molecule has 1 aromatic heterocycles. The van der Waals surface area contributed by atoms with Crippen LogP contribution in [0.4, 0.5) is 20.3 Å². The molecule has 2 rings (SSSR count). The van der Waals surface area contributed by atoms with Crippen molar-refractivity contribution in [2.75, 3.05) is 5.32 Å². The van der Waals surface area contributed by atoms with Crippen LogP contribution in [0.3, 0.4) is 0 Å². The number of anilines is 2. The minimum absolute atomic E-state index is 0.00675. The second-order valence-corrected chi connectivity index (χ2v) is 4.95. The highest BCUT2D eigenvalue weighted by molar-refractivity contribution is 9.10. The third kappa shape index (κ3) is 2.79. The summed E-state index contributed by atoms with van der Waals surface area (Å²) in [7, 11) is 0. The molecular weight excluding hydrogens is 325 g/mol. The smallest absolute Gasteiger partial charge is 0.151 e. The molecule has 1 aromatic carbocycles. The van der Waals surface area contributed by atoms with Gasteiger partial charge in [-0.05, 0) is 40.5 Å². The third-order valence-electron chi connectivity index (χ3n) is 2.31. The lowest BCUT2D eigenvalue weighted by Gasteiger charge is -2.10. The highest BCUT2D eigenvalue weighted by Gasteiger charge is 2.11. The van der Waals surface area contributed by atoms with E-state index in [1.54, 1.807) is 12.3 Å². The molecular formula is C12H8BrClF2N2. The summed E-state index contributed by atoms with van der Waals surface area (Å²) in [6, 6.07) is 3.53. The fourth-order valence-electron chi connectivity index (χ4n) is 1.40. The van der Waals surface area contributed by atoms with Gasteiger partial charge in [-0.2, -0.15) is 0 Å². The lowest BCUT2D eigenvalue weighted by Crippen LogP contribution is -1.98. The highest BCUT2D eigenvalue weighted by atomic mass is 79.9. The molecule has 0 fully saturated rings. The first kappa shape index (κ1) is 13.2. The molecule has 0 saturated heterocycles. The van der Waals surface area contributed by atoms with Crippen LogP contribution in [0.15, 0.2) is 28.9 Å². The van der Waals surface area contributed by atoms with Crippen molar-refractivity contribution < 1.29 is 8.78 Å². The van der Waals surface area contributed by atoms with Crippen LogP contribution in [0.1, 0.15) is 5.56 Å². The van der Waals surface area contributed by atoms with E-state index in [1.165, 1.54) is 0 Å². The molecule has 2 nitrogen and oxygen atoms in total. The summed E-state index contributed by atoms with van der Waals surface area (Å²) in [6.45, 7) is 1.87. The molecule has 1 heterocycles. The van der Waals surface area contributed by atoms with Crippen molar-refractivity contribution in [1.82, 2.24) is 4.98 Å². The van der Waals surface area contributed by atoms with E-state index in [4.69, 9.17) is 11.6 Å². The number of rotatable bonds is 2. The van der Waals surface area contributed by atoms with Crippen molar-refractivity contribution in [3.05, 3.63) is 51.1 Å². The maximum absolute atomic E-state index is 13.6. The Morgan fingerprint density at radius 3 is 2.61 bits per heavy atom. The van der Waals surface area contributed by atoms with Gasteiger partial charge in [0.05, 0.1) is 10.7 Å². The third-order valence-corrected chi connectivity index (χ3v) is 3.44. The van der Waals surface area contributed by atoms with Crippen molar-refractivity contribution in [1.29, 1.82) is 0 Å². The summed E-state index contributed by atoms with van der Waals surface area (Å²) in [4.78, 5) is 4.06. The fourth-order valence-corrected chi connectivity index (χ4v) is 1.86. The van der Waals surface area contributed by atoms with E-state index >= 15 is 0 Å². The second kappa shape index (κ2) is 5.20. The topological polar surface area (TPSA) is 24.9 Å². The van der Waals surface area contributed by atoms with Gasteiger partial charge in [-0.1, -0.05) is 11.6 Å². The Hall–Kier alpha value is -1.20. The molecule has 2 aromatic rings. The van der Waals surface area contributed by atoms with Gasteiger partial charge >= 0.3 is 0 Å². The molecule has 0 aliphatic carbocycles. The molecule has 0 unspecified atom stereocenters. The molecule has 0 aliphatic rings. The van der Waals surface area contributed by atoms with Gasteiger partial charge < -0.3 is 5.32 Å². The van der Waals surface area contributed by atoms with Crippen LogP contribution >= 0.6 is 27.5 Å². The Morgan fingerprint density at radius 1 is 1.28 bits per heavy atom. The van der Waals surface area contributed by atoms with Crippen LogP contribution in [0.25, 0.3) is 0 Å². The summed E-state index contributed by atoms with van der Waals surface area (Å²) in [5.74, 6) is -1.05. The lowest BCUT2D eigenvalue weighted by molar-refractivity contribution is 0.586. The number of nitrogens with one attached hydrogen (secondary N) is 1. The Balaban J connectivity index is 2.37. The quantitative estimate of drug-likeness (QED) is 0.851. The molecule has 0 spiro atoms. The number of aromatic nitrogens is 1.